The van der Waals surface area contributed by atoms with E-state index in [1.165, 1.54) is 0 Å². The van der Waals surface area contributed by atoms with Crippen LogP contribution < -0.4 is 0 Å². The molecule has 4 nitrogen and oxygen atoms in total. The Morgan fingerprint density at radius 3 is 2.47 bits per heavy atom. The van der Waals surface area contributed by atoms with E-state index in [0.717, 1.165) is 0 Å². The maximum atomic E-state index is 9.99. The van der Waals surface area contributed by atoms with Crippen LogP contribution in [0.2, 0.25) is 0 Å². The maximum Gasteiger partial charge on any atom is 0.0922 e. The lowest BCUT2D eigenvalue weighted by Gasteiger charge is -2.49. The second kappa shape index (κ2) is 5.25. The summed E-state index contributed by atoms with van der Waals surface area (Å²) in [5.74, 6) is 0.276. The predicted molar refractivity (Wildman–Crippen MR) is 58.7 cm³/mol. The second-order valence-corrected chi connectivity index (χ2v) is 4.74. The van der Waals surface area contributed by atoms with Gasteiger partial charge in [-0.3, -0.25) is 4.90 Å². The van der Waals surface area contributed by atoms with Gasteiger partial charge in [-0.1, -0.05) is 13.8 Å². The maximum absolute atomic E-state index is 9.99. The van der Waals surface area contributed by atoms with Crippen molar-refractivity contribution < 1.29 is 14.9 Å². The number of nitrogens with zero attached hydrogens (tertiary/aromatic N) is 1. The van der Waals surface area contributed by atoms with Crippen LogP contribution in [-0.4, -0.2) is 59.7 Å². The third-order valence-electron chi connectivity index (χ3n) is 3.05. The molecular formula is C11H23NO3. The molecule has 1 rings (SSSR count). The number of aliphatic hydroxyl groups excluding tert-OH is 1. The Kier molecular flexibility index (Phi) is 4.52. The summed E-state index contributed by atoms with van der Waals surface area (Å²) >= 11 is 0. The van der Waals surface area contributed by atoms with Crippen molar-refractivity contribution in [3.05, 3.63) is 0 Å². The second-order valence-electron chi connectivity index (χ2n) is 4.74. The molecule has 1 heterocycles. The Balaban J connectivity index is 2.17. The number of aliphatic hydroxyl groups is 2. The number of β-amino-alcohol motifs (C(OH)–C–C–N with tert-alkyl or cyclic N) is 2. The summed E-state index contributed by atoms with van der Waals surface area (Å²) in [7, 11) is 0. The number of likely N-dealkylation sites (tertiary alicyclic amines) is 1. The molecule has 1 aliphatic rings. The fourth-order valence-corrected chi connectivity index (χ4v) is 1.83. The van der Waals surface area contributed by atoms with Gasteiger partial charge in [0.15, 0.2) is 0 Å². The van der Waals surface area contributed by atoms with Gasteiger partial charge in [0.2, 0.25) is 0 Å². The Bertz CT molecular complexity index is 190. The molecule has 0 radical (unpaired) electrons. The lowest BCUT2D eigenvalue weighted by Crippen LogP contribution is -2.65. The highest BCUT2D eigenvalue weighted by Crippen LogP contribution is 2.28. The zero-order chi connectivity index (χ0) is 11.5. The van der Waals surface area contributed by atoms with Gasteiger partial charge in [0, 0.05) is 26.2 Å². The van der Waals surface area contributed by atoms with Crippen molar-refractivity contribution in [2.24, 2.45) is 5.92 Å². The first kappa shape index (κ1) is 12.9. The molecule has 0 saturated carbocycles. The standard InChI is InChI=1S/C11H23NO3/c1-4-15-6-10(13)5-12-7-11(14,8-12)9(2)3/h9-10,13-14H,4-8H2,1-3H3. The van der Waals surface area contributed by atoms with Gasteiger partial charge in [0.1, 0.15) is 0 Å². The first-order valence-electron chi connectivity index (χ1n) is 5.68. The van der Waals surface area contributed by atoms with Crippen molar-refractivity contribution in [2.45, 2.75) is 32.5 Å². The summed E-state index contributed by atoms with van der Waals surface area (Å²) in [5, 5.41) is 19.6. The first-order valence-corrected chi connectivity index (χ1v) is 5.68. The van der Waals surface area contributed by atoms with Crippen LogP contribution in [0.1, 0.15) is 20.8 Å². The normalized spacial score (nSPS) is 22.8. The Morgan fingerprint density at radius 2 is 2.00 bits per heavy atom. The van der Waals surface area contributed by atoms with Crippen LogP contribution in [0.5, 0.6) is 0 Å². The highest BCUT2D eigenvalue weighted by molar-refractivity contribution is 4.98. The zero-order valence-corrected chi connectivity index (χ0v) is 9.94. The highest BCUT2D eigenvalue weighted by atomic mass is 16.5. The van der Waals surface area contributed by atoms with Crippen molar-refractivity contribution in [1.82, 2.24) is 4.90 Å². The Morgan fingerprint density at radius 1 is 1.40 bits per heavy atom. The number of hydrogen-bond donors (Lipinski definition) is 2. The third kappa shape index (κ3) is 3.41. The summed E-state index contributed by atoms with van der Waals surface area (Å²) in [6, 6.07) is 0. The fraction of sp³-hybridized carbons (Fsp3) is 1.00. The van der Waals surface area contributed by atoms with Gasteiger partial charge in [-0.05, 0) is 12.8 Å². The van der Waals surface area contributed by atoms with Gasteiger partial charge >= 0.3 is 0 Å². The monoisotopic (exact) mass is 217 g/mol. The molecule has 0 amide bonds. The molecule has 90 valence electrons. The van der Waals surface area contributed by atoms with Crippen LogP contribution in [0, 0.1) is 5.92 Å². The van der Waals surface area contributed by atoms with E-state index in [0.29, 0.717) is 32.8 Å². The van der Waals surface area contributed by atoms with Crippen LogP contribution in [0.3, 0.4) is 0 Å². The van der Waals surface area contributed by atoms with Crippen molar-refractivity contribution in [3.63, 3.8) is 0 Å². The summed E-state index contributed by atoms with van der Waals surface area (Å²) in [4.78, 5) is 2.06. The molecule has 0 spiro atoms. The number of hydrogen-bond acceptors (Lipinski definition) is 4. The van der Waals surface area contributed by atoms with Gasteiger partial charge in [-0.25, -0.2) is 0 Å². The number of ether oxygens (including phenoxy) is 1. The van der Waals surface area contributed by atoms with Crippen LogP contribution in [0.25, 0.3) is 0 Å². The predicted octanol–water partition coefficient (Wildman–Crippen LogP) is 0.0865. The van der Waals surface area contributed by atoms with E-state index in [4.69, 9.17) is 4.74 Å². The quantitative estimate of drug-likeness (QED) is 0.662. The molecule has 2 N–H and O–H groups in total. The summed E-state index contributed by atoms with van der Waals surface area (Å²) in [6.45, 7) is 8.88. The first-order chi connectivity index (χ1) is 6.98. The van der Waals surface area contributed by atoms with Crippen molar-refractivity contribution in [3.8, 4) is 0 Å². The zero-order valence-electron chi connectivity index (χ0n) is 9.94. The molecule has 0 aromatic rings. The van der Waals surface area contributed by atoms with Crippen LogP contribution in [0.15, 0.2) is 0 Å². The van der Waals surface area contributed by atoms with Crippen molar-refractivity contribution in [2.75, 3.05) is 32.8 Å². The highest BCUT2D eigenvalue weighted by Gasteiger charge is 2.43. The van der Waals surface area contributed by atoms with Crippen molar-refractivity contribution in [1.29, 1.82) is 0 Å². The van der Waals surface area contributed by atoms with E-state index in [-0.39, 0.29) is 5.92 Å². The average molecular weight is 217 g/mol. The van der Waals surface area contributed by atoms with Gasteiger partial charge in [0.05, 0.1) is 18.3 Å². The van der Waals surface area contributed by atoms with Gasteiger partial charge in [-0.15, -0.1) is 0 Å². The minimum atomic E-state index is -0.550. The fourth-order valence-electron chi connectivity index (χ4n) is 1.83. The van der Waals surface area contributed by atoms with Crippen molar-refractivity contribution >= 4 is 0 Å². The molecule has 0 bridgehead atoms. The summed E-state index contributed by atoms with van der Waals surface area (Å²) in [5.41, 5.74) is -0.550. The third-order valence-corrected chi connectivity index (χ3v) is 3.05. The number of rotatable bonds is 6. The topological polar surface area (TPSA) is 52.9 Å². The molecule has 15 heavy (non-hydrogen) atoms. The van der Waals surface area contributed by atoms with E-state index in [9.17, 15) is 10.2 Å². The minimum absolute atomic E-state index is 0.276. The smallest absolute Gasteiger partial charge is 0.0922 e. The molecule has 4 heteroatoms. The molecule has 0 aromatic carbocycles. The van der Waals surface area contributed by atoms with E-state index in [1.54, 1.807) is 0 Å². The molecule has 0 aliphatic carbocycles. The van der Waals surface area contributed by atoms with Gasteiger partial charge in [-0.2, -0.15) is 0 Å². The van der Waals surface area contributed by atoms with Crippen LogP contribution >= 0.6 is 0 Å². The summed E-state index contributed by atoms with van der Waals surface area (Å²) < 4.78 is 5.13. The van der Waals surface area contributed by atoms with Gasteiger partial charge in [0.25, 0.3) is 0 Å². The van der Waals surface area contributed by atoms with Crippen LogP contribution in [-0.2, 0) is 4.74 Å². The van der Waals surface area contributed by atoms with E-state index in [1.807, 2.05) is 20.8 Å². The van der Waals surface area contributed by atoms with Crippen LogP contribution in [0.4, 0.5) is 0 Å². The molecule has 1 atom stereocenters. The Labute approximate surface area is 91.8 Å². The van der Waals surface area contributed by atoms with E-state index in [2.05, 4.69) is 4.90 Å². The molecule has 1 fully saturated rings. The average Bonchev–Trinajstić information content (AvgIpc) is 2.11. The minimum Gasteiger partial charge on any atom is -0.389 e. The molecule has 1 unspecified atom stereocenters. The van der Waals surface area contributed by atoms with Gasteiger partial charge < -0.3 is 14.9 Å². The van der Waals surface area contributed by atoms with E-state index >= 15 is 0 Å². The Hall–Kier alpha value is -0.160. The summed E-state index contributed by atoms with van der Waals surface area (Å²) in [6.07, 6.45) is -0.443. The molecule has 1 saturated heterocycles. The SMILES string of the molecule is CCOCC(O)CN1CC(O)(C(C)C)C1. The largest absolute Gasteiger partial charge is 0.389 e. The van der Waals surface area contributed by atoms with E-state index < -0.39 is 11.7 Å². The molecule has 0 aromatic heterocycles. The molecule has 1 aliphatic heterocycles. The lowest BCUT2D eigenvalue weighted by atomic mass is 9.83. The lowest BCUT2D eigenvalue weighted by molar-refractivity contribution is -0.139. The molecular weight excluding hydrogens is 194 g/mol.